The molecule has 1 aromatic rings. The second-order valence-corrected chi connectivity index (χ2v) is 6.42. The molecule has 2 aliphatic heterocycles. The van der Waals surface area contributed by atoms with Gasteiger partial charge in [0.05, 0.1) is 5.71 Å². The van der Waals surface area contributed by atoms with Gasteiger partial charge in [0.1, 0.15) is 11.8 Å². The lowest BCUT2D eigenvalue weighted by molar-refractivity contribution is -0.141. The van der Waals surface area contributed by atoms with Gasteiger partial charge in [0.2, 0.25) is 5.95 Å². The highest BCUT2D eigenvalue weighted by Crippen LogP contribution is 2.29. The van der Waals surface area contributed by atoms with Crippen molar-refractivity contribution < 1.29 is 18.0 Å². The van der Waals surface area contributed by atoms with Crippen molar-refractivity contribution >= 4 is 11.7 Å². The third-order valence-corrected chi connectivity index (χ3v) is 4.45. The van der Waals surface area contributed by atoms with E-state index in [2.05, 4.69) is 26.9 Å². The van der Waals surface area contributed by atoms with Gasteiger partial charge in [0.25, 0.3) is 0 Å². The van der Waals surface area contributed by atoms with E-state index in [0.717, 1.165) is 44.3 Å². The zero-order valence-corrected chi connectivity index (χ0v) is 14.4. The normalized spacial score (nSPS) is 22.0. The van der Waals surface area contributed by atoms with Gasteiger partial charge in [0, 0.05) is 44.8 Å². The number of anilines is 1. The molecule has 6 nitrogen and oxygen atoms in total. The topological polar surface area (TPSA) is 53.9 Å². The van der Waals surface area contributed by atoms with Crippen molar-refractivity contribution in [1.29, 1.82) is 0 Å². The maximum absolute atomic E-state index is 12.9. The van der Waals surface area contributed by atoms with Gasteiger partial charge >= 0.3 is 6.18 Å². The quantitative estimate of drug-likeness (QED) is 0.829. The van der Waals surface area contributed by atoms with Crippen LogP contribution in [0.15, 0.2) is 11.2 Å². The van der Waals surface area contributed by atoms with E-state index in [1.54, 1.807) is 6.92 Å². The Morgan fingerprint density at radius 3 is 2.52 bits per heavy atom. The van der Waals surface area contributed by atoms with E-state index in [1.807, 2.05) is 4.90 Å². The summed E-state index contributed by atoms with van der Waals surface area (Å²) >= 11 is 0. The number of alkyl halides is 3. The first-order valence-corrected chi connectivity index (χ1v) is 8.47. The Kier molecular flexibility index (Phi) is 5.12. The van der Waals surface area contributed by atoms with E-state index in [1.165, 1.54) is 0 Å². The Morgan fingerprint density at radius 2 is 1.92 bits per heavy atom. The summed E-state index contributed by atoms with van der Waals surface area (Å²) in [7, 11) is 0. The lowest BCUT2D eigenvalue weighted by Crippen LogP contribution is -2.49. The number of aryl methyl sites for hydroxylation is 1. The summed E-state index contributed by atoms with van der Waals surface area (Å²) in [6, 6.07) is 0.975. The molecule has 0 aromatic carbocycles. The number of rotatable bonds is 4. The van der Waals surface area contributed by atoms with Gasteiger partial charge in [-0.25, -0.2) is 9.97 Å². The van der Waals surface area contributed by atoms with Crippen LogP contribution in [0.1, 0.15) is 31.2 Å². The molecule has 3 rings (SSSR count). The fraction of sp³-hybridized carbons (Fsp3) is 0.688. The molecule has 0 saturated carbocycles. The average molecular weight is 357 g/mol. The zero-order valence-electron chi connectivity index (χ0n) is 14.4. The highest BCUT2D eigenvalue weighted by atomic mass is 19.4. The van der Waals surface area contributed by atoms with Gasteiger partial charge in [-0.05, 0) is 19.4 Å². The Hall–Kier alpha value is -1.90. The van der Waals surface area contributed by atoms with Crippen molar-refractivity contribution in [2.24, 2.45) is 5.16 Å². The van der Waals surface area contributed by atoms with Crippen molar-refractivity contribution in [2.45, 2.75) is 39.0 Å². The molecule has 3 heterocycles. The average Bonchev–Trinajstić information content (AvgIpc) is 3.02. The molecule has 0 spiro atoms. The first kappa shape index (κ1) is 17.9. The second-order valence-electron chi connectivity index (χ2n) is 6.42. The van der Waals surface area contributed by atoms with E-state index in [9.17, 15) is 13.2 Å². The molecular formula is C16H22F3N5O. The van der Waals surface area contributed by atoms with Gasteiger partial charge in [0.15, 0.2) is 0 Å². The molecular weight excluding hydrogens is 335 g/mol. The number of nitrogens with zero attached hydrogens (tertiary/aromatic N) is 5. The van der Waals surface area contributed by atoms with Gasteiger partial charge < -0.3 is 9.74 Å². The smallest absolute Gasteiger partial charge is 0.391 e. The first-order chi connectivity index (χ1) is 11.8. The molecule has 0 radical (unpaired) electrons. The van der Waals surface area contributed by atoms with Crippen molar-refractivity contribution in [2.75, 3.05) is 37.6 Å². The molecule has 0 N–H and O–H groups in total. The fourth-order valence-electron chi connectivity index (χ4n) is 3.05. The maximum Gasteiger partial charge on any atom is 0.433 e. The number of hydrogen-bond donors (Lipinski definition) is 0. The van der Waals surface area contributed by atoms with Gasteiger partial charge in [-0.3, -0.25) is 4.90 Å². The number of piperazine rings is 1. The van der Waals surface area contributed by atoms with Crippen LogP contribution in [0.2, 0.25) is 0 Å². The predicted molar refractivity (Wildman–Crippen MR) is 87.6 cm³/mol. The summed E-state index contributed by atoms with van der Waals surface area (Å²) in [5.41, 5.74) is 0.515. The Bertz CT molecular complexity index is 641. The summed E-state index contributed by atoms with van der Waals surface area (Å²) in [6.07, 6.45) is -2.63. The third-order valence-electron chi connectivity index (χ3n) is 4.45. The van der Waals surface area contributed by atoms with Crippen LogP contribution in [-0.4, -0.2) is 59.4 Å². The molecule has 9 heteroatoms. The SMILES string of the molecule is CCC1=NOC(CN2CCN(c3nc(C)cc(C(F)(F)F)n3)CC2)C1. The van der Waals surface area contributed by atoms with Crippen molar-refractivity contribution in [3.63, 3.8) is 0 Å². The van der Waals surface area contributed by atoms with E-state index in [0.29, 0.717) is 18.8 Å². The van der Waals surface area contributed by atoms with Crippen molar-refractivity contribution in [1.82, 2.24) is 14.9 Å². The standard InChI is InChI=1S/C16H22F3N5O/c1-3-12-9-13(25-22-12)10-23-4-6-24(7-5-23)15-20-11(2)8-14(21-15)16(17,18)19/h8,13H,3-7,9-10H2,1-2H3. The minimum atomic E-state index is -4.46. The summed E-state index contributed by atoms with van der Waals surface area (Å²) in [4.78, 5) is 17.4. The fourth-order valence-corrected chi connectivity index (χ4v) is 3.05. The molecule has 0 aliphatic carbocycles. The molecule has 138 valence electrons. The molecule has 1 atom stereocenters. The molecule has 25 heavy (non-hydrogen) atoms. The Morgan fingerprint density at radius 1 is 1.20 bits per heavy atom. The van der Waals surface area contributed by atoms with E-state index >= 15 is 0 Å². The van der Waals surface area contributed by atoms with Gasteiger partial charge in [-0.15, -0.1) is 0 Å². The van der Waals surface area contributed by atoms with Crippen molar-refractivity contribution in [3.05, 3.63) is 17.5 Å². The van der Waals surface area contributed by atoms with E-state index < -0.39 is 11.9 Å². The van der Waals surface area contributed by atoms with Crippen LogP contribution in [0.3, 0.4) is 0 Å². The second kappa shape index (κ2) is 7.15. The lowest BCUT2D eigenvalue weighted by Gasteiger charge is -2.35. The summed E-state index contributed by atoms with van der Waals surface area (Å²) in [6.45, 7) is 7.05. The van der Waals surface area contributed by atoms with Crippen LogP contribution in [0.4, 0.5) is 19.1 Å². The van der Waals surface area contributed by atoms with Crippen LogP contribution in [0, 0.1) is 6.92 Å². The zero-order chi connectivity index (χ0) is 18.0. The summed E-state index contributed by atoms with van der Waals surface area (Å²) in [5, 5.41) is 4.06. The Balaban J connectivity index is 1.57. The van der Waals surface area contributed by atoms with Crippen LogP contribution in [-0.2, 0) is 11.0 Å². The Labute approximate surface area is 144 Å². The third kappa shape index (κ3) is 4.39. The molecule has 0 bridgehead atoms. The number of halogens is 3. The molecule has 1 unspecified atom stereocenters. The minimum Gasteiger partial charge on any atom is -0.391 e. The summed E-state index contributed by atoms with van der Waals surface area (Å²) in [5.74, 6) is 0.153. The van der Waals surface area contributed by atoms with Gasteiger partial charge in [-0.1, -0.05) is 12.1 Å². The maximum atomic E-state index is 12.9. The largest absolute Gasteiger partial charge is 0.433 e. The number of oxime groups is 1. The highest BCUT2D eigenvalue weighted by molar-refractivity contribution is 5.85. The minimum absolute atomic E-state index is 0.0774. The van der Waals surface area contributed by atoms with E-state index in [-0.39, 0.29) is 12.1 Å². The molecule has 0 amide bonds. The number of hydrogen-bond acceptors (Lipinski definition) is 6. The first-order valence-electron chi connectivity index (χ1n) is 8.47. The van der Waals surface area contributed by atoms with Crippen molar-refractivity contribution in [3.8, 4) is 0 Å². The lowest BCUT2D eigenvalue weighted by atomic mass is 10.1. The van der Waals surface area contributed by atoms with Crippen LogP contribution in [0.5, 0.6) is 0 Å². The van der Waals surface area contributed by atoms with Crippen LogP contribution >= 0.6 is 0 Å². The van der Waals surface area contributed by atoms with Crippen LogP contribution < -0.4 is 4.90 Å². The summed E-state index contributed by atoms with van der Waals surface area (Å²) < 4.78 is 38.8. The van der Waals surface area contributed by atoms with Gasteiger partial charge in [-0.2, -0.15) is 13.2 Å². The van der Waals surface area contributed by atoms with Crippen LogP contribution in [0.25, 0.3) is 0 Å². The highest BCUT2D eigenvalue weighted by Gasteiger charge is 2.34. The molecule has 1 saturated heterocycles. The van der Waals surface area contributed by atoms with E-state index in [4.69, 9.17) is 4.84 Å². The molecule has 1 fully saturated rings. The predicted octanol–water partition coefficient (Wildman–Crippen LogP) is 2.48. The monoisotopic (exact) mass is 357 g/mol. The number of aromatic nitrogens is 2. The molecule has 2 aliphatic rings. The molecule has 1 aromatic heterocycles.